The fourth-order valence-electron chi connectivity index (χ4n) is 2.26. The van der Waals surface area contributed by atoms with Crippen molar-refractivity contribution in [2.75, 3.05) is 25.0 Å². The van der Waals surface area contributed by atoms with E-state index in [9.17, 15) is 13.2 Å². The fraction of sp³-hybridized carbons (Fsp3) is 0.462. The van der Waals surface area contributed by atoms with Crippen molar-refractivity contribution in [1.82, 2.24) is 5.32 Å². The predicted octanol–water partition coefficient (Wildman–Crippen LogP) is 1.70. The van der Waals surface area contributed by atoms with E-state index < -0.39 is 6.36 Å². The SMILES string of the molecule is CN=C(N)NC1CCN(c2cccc(OC(F)(F)F)c2)C1. The number of halogens is 3. The summed E-state index contributed by atoms with van der Waals surface area (Å²) in [7, 11) is 1.59. The van der Waals surface area contributed by atoms with Gasteiger partial charge in [0.25, 0.3) is 0 Å². The molecule has 0 spiro atoms. The molecule has 0 bridgehead atoms. The van der Waals surface area contributed by atoms with Gasteiger partial charge in [0.2, 0.25) is 0 Å². The molecular formula is C13H17F3N4O. The molecule has 0 radical (unpaired) electrons. The Balaban J connectivity index is 2.01. The second-order valence-corrected chi connectivity index (χ2v) is 4.73. The van der Waals surface area contributed by atoms with Gasteiger partial charge in [-0.2, -0.15) is 0 Å². The molecule has 5 nitrogen and oxygen atoms in total. The van der Waals surface area contributed by atoms with Gasteiger partial charge in [-0.05, 0) is 18.6 Å². The van der Waals surface area contributed by atoms with Crippen LogP contribution < -0.4 is 20.7 Å². The lowest BCUT2D eigenvalue weighted by atomic mass is 10.2. The van der Waals surface area contributed by atoms with Gasteiger partial charge in [-0.15, -0.1) is 13.2 Å². The van der Waals surface area contributed by atoms with Crippen molar-refractivity contribution in [2.45, 2.75) is 18.8 Å². The van der Waals surface area contributed by atoms with E-state index in [-0.39, 0.29) is 11.8 Å². The first kappa shape index (κ1) is 15.3. The minimum Gasteiger partial charge on any atom is -0.406 e. The molecule has 3 N–H and O–H groups in total. The van der Waals surface area contributed by atoms with Crippen LogP contribution in [0.2, 0.25) is 0 Å². The van der Waals surface area contributed by atoms with E-state index in [2.05, 4.69) is 15.0 Å². The Kier molecular flexibility index (Phi) is 4.44. The average Bonchev–Trinajstić information content (AvgIpc) is 2.85. The predicted molar refractivity (Wildman–Crippen MR) is 74.4 cm³/mol. The first-order valence-corrected chi connectivity index (χ1v) is 6.47. The van der Waals surface area contributed by atoms with Crippen molar-refractivity contribution in [3.05, 3.63) is 24.3 Å². The van der Waals surface area contributed by atoms with E-state index in [4.69, 9.17) is 5.73 Å². The molecular weight excluding hydrogens is 285 g/mol. The smallest absolute Gasteiger partial charge is 0.406 e. The number of hydrogen-bond acceptors (Lipinski definition) is 3. The molecule has 1 aromatic rings. The minimum atomic E-state index is -4.68. The van der Waals surface area contributed by atoms with E-state index >= 15 is 0 Å². The summed E-state index contributed by atoms with van der Waals surface area (Å²) >= 11 is 0. The third-order valence-electron chi connectivity index (χ3n) is 3.20. The second-order valence-electron chi connectivity index (χ2n) is 4.73. The molecule has 1 aromatic carbocycles. The number of guanidine groups is 1. The highest BCUT2D eigenvalue weighted by Crippen LogP contribution is 2.28. The lowest BCUT2D eigenvalue weighted by molar-refractivity contribution is -0.274. The highest BCUT2D eigenvalue weighted by Gasteiger charge is 2.31. The van der Waals surface area contributed by atoms with Gasteiger partial charge in [0, 0.05) is 37.9 Å². The first-order valence-electron chi connectivity index (χ1n) is 6.47. The summed E-state index contributed by atoms with van der Waals surface area (Å²) < 4.78 is 40.6. The summed E-state index contributed by atoms with van der Waals surface area (Å²) in [5.74, 6) is 0.141. The number of benzene rings is 1. The molecule has 1 atom stereocenters. The van der Waals surface area contributed by atoms with Crippen LogP contribution >= 0.6 is 0 Å². The van der Waals surface area contributed by atoms with Crippen molar-refractivity contribution in [3.63, 3.8) is 0 Å². The molecule has 1 aliphatic heterocycles. The summed E-state index contributed by atoms with van der Waals surface area (Å²) in [6, 6.07) is 6.08. The van der Waals surface area contributed by atoms with Crippen LogP contribution in [-0.4, -0.2) is 38.5 Å². The van der Waals surface area contributed by atoms with E-state index in [1.807, 2.05) is 4.90 Å². The fourth-order valence-corrected chi connectivity index (χ4v) is 2.26. The van der Waals surface area contributed by atoms with E-state index in [1.54, 1.807) is 19.2 Å². The molecule has 2 rings (SSSR count). The minimum absolute atomic E-state index is 0.126. The Morgan fingerprint density at radius 1 is 1.48 bits per heavy atom. The molecule has 21 heavy (non-hydrogen) atoms. The average molecular weight is 302 g/mol. The maximum Gasteiger partial charge on any atom is 0.573 e. The number of ether oxygens (including phenoxy) is 1. The summed E-state index contributed by atoms with van der Waals surface area (Å²) in [6.45, 7) is 1.37. The number of alkyl halides is 3. The van der Waals surface area contributed by atoms with Crippen LogP contribution in [0.3, 0.4) is 0 Å². The van der Waals surface area contributed by atoms with Crippen LogP contribution in [0.25, 0.3) is 0 Å². The normalized spacial score (nSPS) is 19.7. The molecule has 1 fully saturated rings. The highest BCUT2D eigenvalue weighted by molar-refractivity contribution is 5.78. The van der Waals surface area contributed by atoms with Crippen molar-refractivity contribution >= 4 is 11.6 Å². The highest BCUT2D eigenvalue weighted by atomic mass is 19.4. The molecule has 116 valence electrons. The van der Waals surface area contributed by atoms with Crippen LogP contribution in [0.15, 0.2) is 29.3 Å². The topological polar surface area (TPSA) is 62.9 Å². The quantitative estimate of drug-likeness (QED) is 0.659. The Morgan fingerprint density at radius 3 is 2.90 bits per heavy atom. The van der Waals surface area contributed by atoms with Crippen molar-refractivity contribution in [1.29, 1.82) is 0 Å². The Bertz CT molecular complexity index is 518. The van der Waals surface area contributed by atoms with Crippen LogP contribution in [0.5, 0.6) is 5.75 Å². The number of hydrogen-bond donors (Lipinski definition) is 2. The van der Waals surface area contributed by atoms with Crippen LogP contribution in [0, 0.1) is 0 Å². The number of nitrogens with one attached hydrogen (secondary N) is 1. The zero-order valence-electron chi connectivity index (χ0n) is 11.5. The van der Waals surface area contributed by atoms with Crippen molar-refractivity contribution < 1.29 is 17.9 Å². The summed E-state index contributed by atoms with van der Waals surface area (Å²) in [4.78, 5) is 5.80. The van der Waals surface area contributed by atoms with Gasteiger partial charge in [0.1, 0.15) is 5.75 Å². The van der Waals surface area contributed by atoms with Crippen LogP contribution in [0.4, 0.5) is 18.9 Å². The summed E-state index contributed by atoms with van der Waals surface area (Å²) in [6.07, 6.45) is -3.85. The first-order chi connectivity index (χ1) is 9.87. The van der Waals surface area contributed by atoms with Gasteiger partial charge in [0.05, 0.1) is 0 Å². The largest absolute Gasteiger partial charge is 0.573 e. The Hall–Kier alpha value is -2.12. The number of nitrogens with zero attached hydrogens (tertiary/aromatic N) is 2. The van der Waals surface area contributed by atoms with Crippen LogP contribution in [-0.2, 0) is 0 Å². The number of aliphatic imine (C=N–C) groups is 1. The second kappa shape index (κ2) is 6.11. The Morgan fingerprint density at radius 2 is 2.24 bits per heavy atom. The summed E-state index contributed by atoms with van der Waals surface area (Å²) in [5.41, 5.74) is 6.29. The van der Waals surface area contributed by atoms with Gasteiger partial charge in [-0.25, -0.2) is 0 Å². The molecule has 0 aromatic heterocycles. The zero-order chi connectivity index (χ0) is 15.5. The third-order valence-corrected chi connectivity index (χ3v) is 3.20. The van der Waals surface area contributed by atoms with Gasteiger partial charge in [-0.1, -0.05) is 6.07 Å². The van der Waals surface area contributed by atoms with Gasteiger partial charge in [0.15, 0.2) is 5.96 Å². The Labute approximate surface area is 120 Å². The maximum atomic E-state index is 12.2. The standard InChI is InChI=1S/C13H17F3N4O/c1-18-12(17)19-9-5-6-20(8-9)10-3-2-4-11(7-10)21-13(14,15)16/h2-4,7,9H,5-6,8H2,1H3,(H3,17,18,19). The van der Waals surface area contributed by atoms with E-state index in [1.165, 1.54) is 12.1 Å². The van der Waals surface area contributed by atoms with Crippen molar-refractivity contribution in [2.24, 2.45) is 10.7 Å². The van der Waals surface area contributed by atoms with Gasteiger partial charge < -0.3 is 20.7 Å². The van der Waals surface area contributed by atoms with Crippen molar-refractivity contribution in [3.8, 4) is 5.75 Å². The number of rotatable bonds is 3. The monoisotopic (exact) mass is 302 g/mol. The lowest BCUT2D eigenvalue weighted by Gasteiger charge is -2.20. The van der Waals surface area contributed by atoms with Gasteiger partial charge >= 0.3 is 6.36 Å². The molecule has 1 saturated heterocycles. The molecule has 0 saturated carbocycles. The summed E-state index contributed by atoms with van der Waals surface area (Å²) in [5, 5.41) is 3.06. The van der Waals surface area contributed by atoms with E-state index in [0.29, 0.717) is 18.2 Å². The molecule has 1 aliphatic rings. The van der Waals surface area contributed by atoms with Gasteiger partial charge in [-0.3, -0.25) is 4.99 Å². The lowest BCUT2D eigenvalue weighted by Crippen LogP contribution is -2.41. The zero-order valence-corrected chi connectivity index (χ0v) is 11.5. The molecule has 1 unspecified atom stereocenters. The number of nitrogens with two attached hydrogens (primary N) is 1. The molecule has 8 heteroatoms. The maximum absolute atomic E-state index is 12.2. The molecule has 0 aliphatic carbocycles. The van der Waals surface area contributed by atoms with Crippen LogP contribution in [0.1, 0.15) is 6.42 Å². The third kappa shape index (κ3) is 4.44. The molecule has 1 heterocycles. The van der Waals surface area contributed by atoms with E-state index in [0.717, 1.165) is 13.0 Å². The molecule has 0 amide bonds. The number of anilines is 1.